The van der Waals surface area contributed by atoms with Gasteiger partial charge in [-0.2, -0.15) is 0 Å². The van der Waals surface area contributed by atoms with Crippen molar-refractivity contribution in [1.82, 2.24) is 10.2 Å². The van der Waals surface area contributed by atoms with E-state index in [1.54, 1.807) is 6.92 Å². The number of carbonyl (C=O) groups excluding carboxylic acids is 2. The fourth-order valence-electron chi connectivity index (χ4n) is 4.60. The first-order chi connectivity index (χ1) is 14.9. The fourth-order valence-corrected chi connectivity index (χ4v) is 4.60. The Kier molecular flexibility index (Phi) is 7.93. The highest BCUT2D eigenvalue weighted by atomic mass is 16.5. The van der Waals surface area contributed by atoms with Gasteiger partial charge in [-0.3, -0.25) is 14.4 Å². The normalized spacial score (nSPS) is 21.8. The van der Waals surface area contributed by atoms with Crippen molar-refractivity contribution in [3.63, 3.8) is 0 Å². The van der Waals surface area contributed by atoms with Gasteiger partial charge >= 0.3 is 5.97 Å². The van der Waals surface area contributed by atoms with Crippen LogP contribution in [0.5, 0.6) is 5.75 Å². The molecular weight excluding hydrogens is 396 g/mol. The van der Waals surface area contributed by atoms with Crippen LogP contribution in [0.3, 0.4) is 0 Å². The molecule has 1 spiro atoms. The summed E-state index contributed by atoms with van der Waals surface area (Å²) < 4.78 is 5.95. The summed E-state index contributed by atoms with van der Waals surface area (Å²) in [5.74, 6) is -0.154. The molecule has 1 aromatic rings. The third-order valence-corrected chi connectivity index (χ3v) is 6.64. The molecule has 31 heavy (non-hydrogen) atoms. The van der Waals surface area contributed by atoms with Crippen LogP contribution in [0.4, 0.5) is 0 Å². The van der Waals surface area contributed by atoms with E-state index in [4.69, 9.17) is 9.84 Å². The van der Waals surface area contributed by atoms with E-state index < -0.39 is 12.1 Å². The maximum atomic E-state index is 12.7. The summed E-state index contributed by atoms with van der Waals surface area (Å²) in [5.41, 5.74) is 1.13. The van der Waals surface area contributed by atoms with Gasteiger partial charge in [-0.15, -0.1) is 0 Å². The van der Waals surface area contributed by atoms with Crippen molar-refractivity contribution in [2.75, 3.05) is 19.6 Å². The van der Waals surface area contributed by atoms with E-state index in [0.29, 0.717) is 26.1 Å². The molecule has 1 aromatic carbocycles. The highest BCUT2D eigenvalue weighted by molar-refractivity contribution is 5.80. The zero-order valence-electron chi connectivity index (χ0n) is 18.4. The van der Waals surface area contributed by atoms with E-state index in [2.05, 4.69) is 11.4 Å². The average Bonchev–Trinajstić information content (AvgIpc) is 2.75. The van der Waals surface area contributed by atoms with Gasteiger partial charge in [0.25, 0.3) is 5.91 Å². The van der Waals surface area contributed by atoms with E-state index in [0.717, 1.165) is 49.8 Å². The number of piperidine rings is 1. The highest BCUT2D eigenvalue weighted by Gasteiger charge is 2.36. The minimum absolute atomic E-state index is 0.00800. The summed E-state index contributed by atoms with van der Waals surface area (Å²) in [5, 5.41) is 11.9. The van der Waals surface area contributed by atoms with E-state index in [1.807, 2.05) is 23.1 Å². The Balaban J connectivity index is 1.60. The highest BCUT2D eigenvalue weighted by Crippen LogP contribution is 2.37. The molecule has 0 bridgehead atoms. The lowest BCUT2D eigenvalue weighted by Crippen LogP contribution is -2.49. The quantitative estimate of drug-likeness (QED) is 0.765. The number of hydrogen-bond acceptors (Lipinski definition) is 4. The van der Waals surface area contributed by atoms with E-state index >= 15 is 0 Å². The Morgan fingerprint density at radius 1 is 1.16 bits per heavy atom. The first kappa shape index (κ1) is 23.1. The van der Waals surface area contributed by atoms with E-state index in [1.165, 1.54) is 0 Å². The maximum absolute atomic E-state index is 12.7. The van der Waals surface area contributed by atoms with E-state index in [-0.39, 0.29) is 30.1 Å². The molecule has 7 heteroatoms. The number of carboxylic acid groups (broad SMARTS) is 1. The number of nitrogens with zero attached hydrogens (tertiary/aromatic N) is 1. The Labute approximate surface area is 184 Å². The number of carboxylic acids is 1. The molecule has 0 unspecified atom stereocenters. The smallest absolute Gasteiger partial charge is 0.303 e. The summed E-state index contributed by atoms with van der Waals surface area (Å²) in [6, 6.07) is 7.93. The van der Waals surface area contributed by atoms with Gasteiger partial charge in [0, 0.05) is 32.5 Å². The second kappa shape index (κ2) is 10.6. The van der Waals surface area contributed by atoms with Crippen molar-refractivity contribution in [3.8, 4) is 5.75 Å². The Hall–Kier alpha value is -2.57. The number of amides is 2. The minimum Gasteiger partial charge on any atom is -0.481 e. The molecule has 0 radical (unpaired) electrons. The first-order valence-corrected chi connectivity index (χ1v) is 11.4. The Morgan fingerprint density at radius 2 is 1.90 bits per heavy atom. The number of nitrogens with one attached hydrogen (secondary N) is 1. The summed E-state index contributed by atoms with van der Waals surface area (Å²) in [6.07, 6.45) is 5.89. The lowest BCUT2D eigenvalue weighted by atomic mass is 9.74. The van der Waals surface area contributed by atoms with Crippen molar-refractivity contribution < 1.29 is 24.2 Å². The molecule has 7 nitrogen and oxygen atoms in total. The van der Waals surface area contributed by atoms with Crippen LogP contribution in [0.1, 0.15) is 63.9 Å². The van der Waals surface area contributed by atoms with Crippen LogP contribution in [0.25, 0.3) is 0 Å². The van der Waals surface area contributed by atoms with Crippen molar-refractivity contribution in [3.05, 3.63) is 29.8 Å². The van der Waals surface area contributed by atoms with Gasteiger partial charge in [-0.05, 0) is 62.5 Å². The number of rotatable bonds is 4. The van der Waals surface area contributed by atoms with Crippen molar-refractivity contribution in [2.24, 2.45) is 5.41 Å². The summed E-state index contributed by atoms with van der Waals surface area (Å²) >= 11 is 0. The number of para-hydroxylation sites is 1. The lowest BCUT2D eigenvalue weighted by Gasteiger charge is -2.42. The molecule has 2 N–H and O–H groups in total. The van der Waals surface area contributed by atoms with Crippen LogP contribution in [-0.2, 0) is 20.8 Å². The average molecular weight is 431 g/mol. The number of ether oxygens (including phenoxy) is 1. The van der Waals surface area contributed by atoms with E-state index in [9.17, 15) is 14.4 Å². The van der Waals surface area contributed by atoms with Crippen LogP contribution in [0.2, 0.25) is 0 Å². The molecule has 2 aliphatic rings. The molecule has 1 fully saturated rings. The van der Waals surface area contributed by atoms with Crippen LogP contribution < -0.4 is 10.1 Å². The molecule has 1 atom stereocenters. The topological polar surface area (TPSA) is 95.9 Å². The fraction of sp³-hybridized carbons (Fsp3) is 0.625. The molecular formula is C24H34N2O5. The maximum Gasteiger partial charge on any atom is 0.303 e. The van der Waals surface area contributed by atoms with Crippen LogP contribution in [0.15, 0.2) is 24.3 Å². The number of aliphatic carboxylic acids is 1. The van der Waals surface area contributed by atoms with Gasteiger partial charge in [-0.25, -0.2) is 0 Å². The first-order valence-electron chi connectivity index (χ1n) is 11.4. The number of fused-ring (bicyclic) bond motifs is 1. The van der Waals surface area contributed by atoms with Crippen LogP contribution >= 0.6 is 0 Å². The summed E-state index contributed by atoms with van der Waals surface area (Å²) in [4.78, 5) is 37.6. The van der Waals surface area contributed by atoms with Gasteiger partial charge in [0.05, 0.1) is 0 Å². The van der Waals surface area contributed by atoms with Crippen LogP contribution in [-0.4, -0.2) is 53.5 Å². The van der Waals surface area contributed by atoms with Crippen molar-refractivity contribution in [1.29, 1.82) is 0 Å². The predicted molar refractivity (Wildman–Crippen MR) is 117 cm³/mol. The monoisotopic (exact) mass is 430 g/mol. The molecule has 0 aliphatic carbocycles. The Bertz CT molecular complexity index is 786. The van der Waals surface area contributed by atoms with Crippen molar-refractivity contribution >= 4 is 17.8 Å². The molecule has 0 aromatic heterocycles. The largest absolute Gasteiger partial charge is 0.481 e. The van der Waals surface area contributed by atoms with Gasteiger partial charge in [0.2, 0.25) is 5.91 Å². The SMILES string of the molecule is C[C@H]1Oc2ccccc2CCCCC2(CCN(C(=O)CCCC(=O)O)CC2)CNC1=O. The molecule has 3 rings (SSSR count). The Morgan fingerprint density at radius 3 is 2.65 bits per heavy atom. The van der Waals surface area contributed by atoms with Crippen LogP contribution in [0, 0.1) is 5.41 Å². The van der Waals surface area contributed by atoms with Crippen molar-refractivity contribution in [2.45, 2.75) is 70.8 Å². The molecule has 2 amide bonds. The number of likely N-dealkylation sites (tertiary alicyclic amines) is 1. The summed E-state index contributed by atoms with van der Waals surface area (Å²) in [7, 11) is 0. The number of hydrogen-bond donors (Lipinski definition) is 2. The molecule has 1 saturated heterocycles. The zero-order valence-corrected chi connectivity index (χ0v) is 18.4. The molecule has 0 saturated carbocycles. The molecule has 2 heterocycles. The zero-order chi connectivity index (χ0) is 22.3. The third kappa shape index (κ3) is 6.45. The second-order valence-electron chi connectivity index (χ2n) is 8.92. The minimum atomic E-state index is -0.866. The lowest BCUT2D eigenvalue weighted by molar-refractivity contribution is -0.138. The number of carbonyl (C=O) groups is 3. The number of benzene rings is 1. The molecule has 2 aliphatic heterocycles. The third-order valence-electron chi connectivity index (χ3n) is 6.64. The van der Waals surface area contributed by atoms with Gasteiger partial charge in [0.1, 0.15) is 5.75 Å². The van der Waals surface area contributed by atoms with Gasteiger partial charge < -0.3 is 20.1 Å². The standard InChI is InChI=1S/C24H34N2O5/c1-18-23(30)25-17-24(12-5-4-8-19-7-2-3-9-20(19)31-18)13-15-26(16-14-24)21(27)10-6-11-22(28)29/h2-3,7,9,18H,4-6,8,10-17H2,1H3,(H,25,30)(H,28,29)/t18-/m1/s1. The molecule has 170 valence electrons. The van der Waals surface area contributed by atoms with Gasteiger partial charge in [0.15, 0.2) is 6.10 Å². The van der Waals surface area contributed by atoms with Gasteiger partial charge in [-0.1, -0.05) is 24.6 Å². The number of aryl methyl sites for hydroxylation is 1. The second-order valence-corrected chi connectivity index (χ2v) is 8.92. The predicted octanol–water partition coefficient (Wildman–Crippen LogP) is 3.16. The summed E-state index contributed by atoms with van der Waals surface area (Å²) in [6.45, 7) is 3.71.